The lowest BCUT2D eigenvalue weighted by Crippen LogP contribution is -2.22. The topological polar surface area (TPSA) is 21.1 Å². The van der Waals surface area contributed by atoms with Crippen LogP contribution in [0.5, 0.6) is 0 Å². The number of hydrogen-bond donors (Lipinski definition) is 0. The van der Waals surface area contributed by atoms with Crippen LogP contribution in [-0.2, 0) is 0 Å². The highest BCUT2D eigenvalue weighted by molar-refractivity contribution is 5.62. The van der Waals surface area contributed by atoms with E-state index in [9.17, 15) is 0 Å². The molecule has 0 saturated carbocycles. The second-order valence-corrected chi connectivity index (χ2v) is 3.93. The van der Waals surface area contributed by atoms with Crippen molar-refractivity contribution in [2.75, 3.05) is 5.01 Å². The third-order valence-electron chi connectivity index (χ3n) is 2.72. The van der Waals surface area contributed by atoms with Crippen molar-refractivity contribution in [3.63, 3.8) is 0 Å². The van der Waals surface area contributed by atoms with Gasteiger partial charge in [-0.25, -0.2) is 14.7 Å². The Kier molecular flexibility index (Phi) is 2.80. The van der Waals surface area contributed by atoms with E-state index >= 15 is 0 Å². The molecule has 0 aliphatic rings. The number of benzene rings is 2. The van der Waals surface area contributed by atoms with E-state index in [-0.39, 0.29) is 0 Å². The minimum atomic E-state index is 1.10. The first-order valence-electron chi connectivity index (χ1n) is 5.83. The van der Waals surface area contributed by atoms with E-state index < -0.39 is 0 Å². The molecule has 0 fully saturated rings. The van der Waals surface area contributed by atoms with Gasteiger partial charge >= 0.3 is 0 Å². The van der Waals surface area contributed by atoms with Crippen molar-refractivity contribution in [1.29, 1.82) is 0 Å². The Morgan fingerprint density at radius 2 is 1.33 bits per heavy atom. The van der Waals surface area contributed by atoms with Crippen molar-refractivity contribution in [1.82, 2.24) is 9.66 Å². The van der Waals surface area contributed by atoms with Gasteiger partial charge in [0.15, 0.2) is 0 Å². The zero-order valence-electron chi connectivity index (χ0n) is 9.85. The Hall–Kier alpha value is -2.55. The van der Waals surface area contributed by atoms with E-state index in [1.807, 2.05) is 47.3 Å². The maximum atomic E-state index is 4.12. The normalized spacial score (nSPS) is 10.2. The zero-order chi connectivity index (χ0) is 12.2. The molecule has 0 unspecified atom stereocenters. The van der Waals surface area contributed by atoms with Crippen molar-refractivity contribution >= 4 is 11.4 Å². The molecule has 0 spiro atoms. The minimum Gasteiger partial charge on any atom is -0.249 e. The van der Waals surface area contributed by atoms with Gasteiger partial charge < -0.3 is 0 Å². The summed E-state index contributed by atoms with van der Waals surface area (Å²) >= 11 is 0. The van der Waals surface area contributed by atoms with Crippen LogP contribution in [0.1, 0.15) is 0 Å². The van der Waals surface area contributed by atoms with Gasteiger partial charge in [0, 0.05) is 12.4 Å². The van der Waals surface area contributed by atoms with Gasteiger partial charge in [0.05, 0.1) is 11.4 Å². The maximum Gasteiger partial charge on any atom is 0.115 e. The summed E-state index contributed by atoms with van der Waals surface area (Å²) in [7, 11) is 0. The van der Waals surface area contributed by atoms with Crippen molar-refractivity contribution in [3.8, 4) is 0 Å². The molecule has 0 atom stereocenters. The van der Waals surface area contributed by atoms with Crippen molar-refractivity contribution in [3.05, 3.63) is 79.4 Å². The quantitative estimate of drug-likeness (QED) is 0.693. The first-order chi connectivity index (χ1) is 8.95. The summed E-state index contributed by atoms with van der Waals surface area (Å²) < 4.78 is 1.96. The molecule has 1 aromatic heterocycles. The number of rotatable bonds is 3. The summed E-state index contributed by atoms with van der Waals surface area (Å²) in [5.74, 6) is 0. The summed E-state index contributed by atoms with van der Waals surface area (Å²) in [5.41, 5.74) is 2.20. The summed E-state index contributed by atoms with van der Waals surface area (Å²) in [6, 6.07) is 20.5. The van der Waals surface area contributed by atoms with Crippen molar-refractivity contribution in [2.24, 2.45) is 0 Å². The standard InChI is InChI=1S/C15H13N3/c1-3-7-14(8-4-1)18(17-12-11-16-13-17)15-9-5-2-6-10-15/h1-13H. The molecule has 3 nitrogen and oxygen atoms in total. The molecule has 18 heavy (non-hydrogen) atoms. The van der Waals surface area contributed by atoms with Crippen LogP contribution in [0.25, 0.3) is 0 Å². The molecule has 0 N–H and O–H groups in total. The van der Waals surface area contributed by atoms with Gasteiger partial charge in [-0.1, -0.05) is 36.4 Å². The van der Waals surface area contributed by atoms with E-state index in [1.54, 1.807) is 12.5 Å². The highest BCUT2D eigenvalue weighted by Crippen LogP contribution is 2.25. The largest absolute Gasteiger partial charge is 0.249 e. The SMILES string of the molecule is c1ccc(N(c2ccccc2)n2ccnc2)cc1. The van der Waals surface area contributed by atoms with E-state index in [2.05, 4.69) is 34.3 Å². The van der Waals surface area contributed by atoms with Crippen LogP contribution >= 0.6 is 0 Å². The Morgan fingerprint density at radius 3 is 1.78 bits per heavy atom. The summed E-state index contributed by atoms with van der Waals surface area (Å²) in [6.45, 7) is 0. The average molecular weight is 235 g/mol. The van der Waals surface area contributed by atoms with Gasteiger partial charge in [0.1, 0.15) is 6.33 Å². The number of imidazole rings is 1. The van der Waals surface area contributed by atoms with E-state index in [1.165, 1.54) is 0 Å². The molecule has 3 aromatic rings. The lowest BCUT2D eigenvalue weighted by molar-refractivity contribution is 0.814. The van der Waals surface area contributed by atoms with Crippen molar-refractivity contribution in [2.45, 2.75) is 0 Å². The summed E-state index contributed by atoms with van der Waals surface area (Å²) in [6.07, 6.45) is 5.50. The van der Waals surface area contributed by atoms with Gasteiger partial charge in [-0.2, -0.15) is 0 Å². The van der Waals surface area contributed by atoms with Crippen LogP contribution in [0, 0.1) is 0 Å². The van der Waals surface area contributed by atoms with E-state index in [0.717, 1.165) is 11.4 Å². The second-order valence-electron chi connectivity index (χ2n) is 3.93. The summed E-state index contributed by atoms with van der Waals surface area (Å²) in [5, 5.41) is 2.10. The van der Waals surface area contributed by atoms with Crippen LogP contribution in [0.2, 0.25) is 0 Å². The van der Waals surface area contributed by atoms with Gasteiger partial charge in [0.2, 0.25) is 0 Å². The Labute approximate surface area is 106 Å². The number of para-hydroxylation sites is 2. The Morgan fingerprint density at radius 1 is 0.778 bits per heavy atom. The molecule has 2 aromatic carbocycles. The fourth-order valence-electron chi connectivity index (χ4n) is 1.92. The molecule has 88 valence electrons. The van der Waals surface area contributed by atoms with Crippen LogP contribution in [0.3, 0.4) is 0 Å². The molecule has 3 heteroatoms. The third kappa shape index (κ3) is 1.98. The smallest absolute Gasteiger partial charge is 0.115 e. The molecule has 0 saturated heterocycles. The number of hydrogen-bond acceptors (Lipinski definition) is 2. The number of nitrogens with zero attached hydrogens (tertiary/aromatic N) is 3. The lowest BCUT2D eigenvalue weighted by Gasteiger charge is -2.25. The molecule has 3 rings (SSSR count). The fourth-order valence-corrected chi connectivity index (χ4v) is 1.92. The molecular formula is C15H13N3. The second kappa shape index (κ2) is 4.75. The lowest BCUT2D eigenvalue weighted by atomic mass is 10.2. The molecule has 0 radical (unpaired) electrons. The molecule has 0 aliphatic carbocycles. The monoisotopic (exact) mass is 235 g/mol. The average Bonchev–Trinajstić information content (AvgIpc) is 2.95. The van der Waals surface area contributed by atoms with Crippen LogP contribution in [0.4, 0.5) is 11.4 Å². The fraction of sp³-hybridized carbons (Fsp3) is 0. The highest BCUT2D eigenvalue weighted by Gasteiger charge is 2.09. The van der Waals surface area contributed by atoms with Crippen LogP contribution in [-0.4, -0.2) is 9.66 Å². The predicted octanol–water partition coefficient (Wildman–Crippen LogP) is 3.48. The van der Waals surface area contributed by atoms with E-state index in [0.29, 0.717) is 0 Å². The zero-order valence-corrected chi connectivity index (χ0v) is 9.85. The van der Waals surface area contributed by atoms with Gasteiger partial charge in [-0.05, 0) is 24.3 Å². The van der Waals surface area contributed by atoms with Crippen LogP contribution < -0.4 is 5.01 Å². The van der Waals surface area contributed by atoms with E-state index in [4.69, 9.17) is 0 Å². The highest BCUT2D eigenvalue weighted by atomic mass is 15.6. The molecule has 0 bridgehead atoms. The first-order valence-corrected chi connectivity index (χ1v) is 5.83. The number of aromatic nitrogens is 2. The molecule has 0 aliphatic heterocycles. The van der Waals surface area contributed by atoms with Gasteiger partial charge in [0.25, 0.3) is 0 Å². The van der Waals surface area contributed by atoms with Gasteiger partial charge in [-0.15, -0.1) is 0 Å². The van der Waals surface area contributed by atoms with Crippen LogP contribution in [0.15, 0.2) is 79.4 Å². The molecule has 1 heterocycles. The third-order valence-corrected chi connectivity index (χ3v) is 2.72. The Balaban J connectivity index is 2.11. The Bertz CT molecular complexity index is 549. The summed E-state index contributed by atoms with van der Waals surface area (Å²) in [4.78, 5) is 4.12. The minimum absolute atomic E-state index is 1.10. The predicted molar refractivity (Wildman–Crippen MR) is 72.6 cm³/mol. The number of anilines is 2. The maximum absolute atomic E-state index is 4.12. The first kappa shape index (κ1) is 10.6. The van der Waals surface area contributed by atoms with Crippen molar-refractivity contribution < 1.29 is 0 Å². The molecular weight excluding hydrogens is 222 g/mol. The van der Waals surface area contributed by atoms with Gasteiger partial charge in [-0.3, -0.25) is 0 Å². The molecule has 0 amide bonds.